The maximum atomic E-state index is 5.72. The smallest absolute Gasteiger partial charge is 0.228 e. The van der Waals surface area contributed by atoms with Gasteiger partial charge in [0.2, 0.25) is 16.5 Å². The van der Waals surface area contributed by atoms with Gasteiger partial charge < -0.3 is 5.32 Å². The molecule has 0 radical (unpaired) electrons. The van der Waals surface area contributed by atoms with Crippen molar-refractivity contribution in [2.45, 2.75) is 25.8 Å². The number of hydrogen-bond acceptors (Lipinski definition) is 4. The standard InChI is InChI=1S/C13H14Cl2N4/c1-9(7-8-10-5-3-2-4-6-10)16-13-18-11(14)17-12(15)19-13/h2-6,9H,7-8H2,1H3,(H,16,17,18,19). The third-order valence-electron chi connectivity index (χ3n) is 2.67. The summed E-state index contributed by atoms with van der Waals surface area (Å²) in [7, 11) is 0. The first kappa shape index (κ1) is 14.0. The van der Waals surface area contributed by atoms with Gasteiger partial charge in [0, 0.05) is 6.04 Å². The summed E-state index contributed by atoms with van der Waals surface area (Å²) >= 11 is 11.4. The Bertz CT molecular complexity index is 513. The molecular weight excluding hydrogens is 283 g/mol. The minimum atomic E-state index is 0.0951. The van der Waals surface area contributed by atoms with E-state index in [1.165, 1.54) is 5.56 Å². The lowest BCUT2D eigenvalue weighted by atomic mass is 10.1. The molecule has 19 heavy (non-hydrogen) atoms. The van der Waals surface area contributed by atoms with Crippen molar-refractivity contribution in [3.8, 4) is 0 Å². The van der Waals surface area contributed by atoms with Gasteiger partial charge in [-0.3, -0.25) is 0 Å². The maximum absolute atomic E-state index is 5.72. The fourth-order valence-electron chi connectivity index (χ4n) is 1.71. The number of benzene rings is 1. The number of nitrogens with zero attached hydrogens (tertiary/aromatic N) is 3. The van der Waals surface area contributed by atoms with E-state index in [1.54, 1.807) is 0 Å². The summed E-state index contributed by atoms with van der Waals surface area (Å²) < 4.78 is 0. The summed E-state index contributed by atoms with van der Waals surface area (Å²) in [4.78, 5) is 11.7. The minimum absolute atomic E-state index is 0.0951. The number of rotatable bonds is 5. The number of nitrogens with one attached hydrogen (secondary N) is 1. The molecule has 1 N–H and O–H groups in total. The van der Waals surface area contributed by atoms with Gasteiger partial charge in [-0.25, -0.2) is 0 Å². The molecule has 1 aromatic carbocycles. The number of halogens is 2. The number of aryl methyl sites for hydroxylation is 1. The predicted molar refractivity (Wildman–Crippen MR) is 77.7 cm³/mol. The minimum Gasteiger partial charge on any atom is -0.352 e. The number of anilines is 1. The van der Waals surface area contributed by atoms with Crippen molar-refractivity contribution in [3.63, 3.8) is 0 Å². The first-order chi connectivity index (χ1) is 9.13. The lowest BCUT2D eigenvalue weighted by Crippen LogP contribution is -2.18. The van der Waals surface area contributed by atoms with E-state index in [-0.39, 0.29) is 16.6 Å². The highest BCUT2D eigenvalue weighted by Gasteiger charge is 2.07. The van der Waals surface area contributed by atoms with Crippen molar-refractivity contribution in [3.05, 3.63) is 46.5 Å². The molecule has 0 amide bonds. The van der Waals surface area contributed by atoms with E-state index < -0.39 is 0 Å². The Hall–Kier alpha value is -1.39. The Morgan fingerprint density at radius 1 is 1.05 bits per heavy atom. The lowest BCUT2D eigenvalue weighted by molar-refractivity contribution is 0.697. The summed E-state index contributed by atoms with van der Waals surface area (Å²) in [6.45, 7) is 2.06. The second-order valence-corrected chi connectivity index (χ2v) is 4.94. The van der Waals surface area contributed by atoms with Gasteiger partial charge in [0.05, 0.1) is 0 Å². The van der Waals surface area contributed by atoms with Gasteiger partial charge in [-0.15, -0.1) is 0 Å². The fraction of sp³-hybridized carbons (Fsp3) is 0.308. The molecule has 0 fully saturated rings. The van der Waals surface area contributed by atoms with Crippen molar-refractivity contribution in [1.82, 2.24) is 15.0 Å². The molecule has 0 bridgehead atoms. The van der Waals surface area contributed by atoms with E-state index in [4.69, 9.17) is 23.2 Å². The van der Waals surface area contributed by atoms with Crippen LogP contribution < -0.4 is 5.32 Å². The number of aromatic nitrogens is 3. The molecule has 1 aromatic heterocycles. The molecule has 2 rings (SSSR count). The van der Waals surface area contributed by atoms with E-state index >= 15 is 0 Å². The van der Waals surface area contributed by atoms with Crippen molar-refractivity contribution in [1.29, 1.82) is 0 Å². The van der Waals surface area contributed by atoms with E-state index in [0.29, 0.717) is 5.95 Å². The molecule has 2 aromatic rings. The lowest BCUT2D eigenvalue weighted by Gasteiger charge is -2.13. The van der Waals surface area contributed by atoms with Crippen LogP contribution in [0.15, 0.2) is 30.3 Å². The number of hydrogen-bond donors (Lipinski definition) is 1. The van der Waals surface area contributed by atoms with Gasteiger partial charge >= 0.3 is 0 Å². The first-order valence-electron chi connectivity index (χ1n) is 6.01. The highest BCUT2D eigenvalue weighted by molar-refractivity contribution is 6.31. The van der Waals surface area contributed by atoms with Gasteiger partial charge in [-0.2, -0.15) is 15.0 Å². The Balaban J connectivity index is 1.89. The zero-order valence-electron chi connectivity index (χ0n) is 10.5. The fourth-order valence-corrected chi connectivity index (χ4v) is 2.07. The quantitative estimate of drug-likeness (QED) is 0.916. The molecule has 4 nitrogen and oxygen atoms in total. The normalized spacial score (nSPS) is 12.2. The van der Waals surface area contributed by atoms with E-state index in [0.717, 1.165) is 12.8 Å². The van der Waals surface area contributed by atoms with Crippen LogP contribution in [0.4, 0.5) is 5.95 Å². The summed E-state index contributed by atoms with van der Waals surface area (Å²) in [6.07, 6.45) is 1.95. The van der Waals surface area contributed by atoms with Gasteiger partial charge in [-0.1, -0.05) is 30.3 Å². The second kappa shape index (κ2) is 6.68. The molecule has 100 valence electrons. The molecule has 6 heteroatoms. The molecule has 0 aliphatic rings. The van der Waals surface area contributed by atoms with Crippen LogP contribution in [0.2, 0.25) is 10.6 Å². The molecule has 1 unspecified atom stereocenters. The summed E-state index contributed by atoms with van der Waals surface area (Å²) in [6, 6.07) is 10.5. The summed E-state index contributed by atoms with van der Waals surface area (Å²) in [5.41, 5.74) is 1.31. The molecule has 0 saturated carbocycles. The average Bonchev–Trinajstić information content (AvgIpc) is 2.36. The molecule has 1 atom stereocenters. The third kappa shape index (κ3) is 4.65. The van der Waals surface area contributed by atoms with Crippen LogP contribution in [0.1, 0.15) is 18.9 Å². The zero-order chi connectivity index (χ0) is 13.7. The van der Waals surface area contributed by atoms with Crippen LogP contribution in [0.25, 0.3) is 0 Å². The molecule has 1 heterocycles. The third-order valence-corrected chi connectivity index (χ3v) is 3.00. The van der Waals surface area contributed by atoms with Crippen LogP contribution in [0.5, 0.6) is 0 Å². The Morgan fingerprint density at radius 2 is 1.68 bits per heavy atom. The zero-order valence-corrected chi connectivity index (χ0v) is 12.0. The van der Waals surface area contributed by atoms with Crippen LogP contribution in [0.3, 0.4) is 0 Å². The molecular formula is C13H14Cl2N4. The average molecular weight is 297 g/mol. The van der Waals surface area contributed by atoms with E-state index in [9.17, 15) is 0 Å². The van der Waals surface area contributed by atoms with Crippen LogP contribution in [-0.4, -0.2) is 21.0 Å². The Kier molecular flexibility index (Phi) is 4.93. The SMILES string of the molecule is CC(CCc1ccccc1)Nc1nc(Cl)nc(Cl)n1. The Labute approximate surface area is 122 Å². The Morgan fingerprint density at radius 3 is 2.32 bits per heavy atom. The van der Waals surface area contributed by atoms with Crippen molar-refractivity contribution >= 4 is 29.2 Å². The van der Waals surface area contributed by atoms with Gasteiger partial charge in [0.15, 0.2) is 0 Å². The van der Waals surface area contributed by atoms with Gasteiger partial charge in [-0.05, 0) is 48.5 Å². The molecule has 0 aliphatic carbocycles. The van der Waals surface area contributed by atoms with Crippen LogP contribution in [-0.2, 0) is 6.42 Å². The van der Waals surface area contributed by atoms with Crippen molar-refractivity contribution in [2.24, 2.45) is 0 Å². The summed E-state index contributed by atoms with van der Waals surface area (Å²) in [5.74, 6) is 0.408. The topological polar surface area (TPSA) is 50.7 Å². The van der Waals surface area contributed by atoms with Gasteiger partial charge in [0.1, 0.15) is 0 Å². The van der Waals surface area contributed by atoms with E-state index in [1.807, 2.05) is 18.2 Å². The molecule has 0 spiro atoms. The highest BCUT2D eigenvalue weighted by Crippen LogP contribution is 2.12. The van der Waals surface area contributed by atoms with Crippen LogP contribution in [0, 0.1) is 0 Å². The van der Waals surface area contributed by atoms with Gasteiger partial charge in [0.25, 0.3) is 0 Å². The van der Waals surface area contributed by atoms with E-state index in [2.05, 4.69) is 39.3 Å². The monoisotopic (exact) mass is 296 g/mol. The predicted octanol–water partition coefficient (Wildman–Crippen LogP) is 3.61. The van der Waals surface area contributed by atoms with Crippen LogP contribution >= 0.6 is 23.2 Å². The van der Waals surface area contributed by atoms with Crippen molar-refractivity contribution in [2.75, 3.05) is 5.32 Å². The maximum Gasteiger partial charge on any atom is 0.228 e. The summed E-state index contributed by atoms with van der Waals surface area (Å²) in [5, 5.41) is 3.35. The first-order valence-corrected chi connectivity index (χ1v) is 6.76. The molecule has 0 saturated heterocycles. The van der Waals surface area contributed by atoms with Crippen molar-refractivity contribution < 1.29 is 0 Å². The largest absolute Gasteiger partial charge is 0.352 e. The highest BCUT2D eigenvalue weighted by atomic mass is 35.5. The second-order valence-electron chi connectivity index (χ2n) is 4.27. The molecule has 0 aliphatic heterocycles.